The average Bonchev–Trinajstić information content (AvgIpc) is 2.66. The summed E-state index contributed by atoms with van der Waals surface area (Å²) in [4.78, 5) is 12.1. The molecule has 18 heavy (non-hydrogen) atoms. The molecular weight excluding hydrogens is 298 g/mol. The molecule has 1 aliphatic heterocycles. The first-order valence-electron chi connectivity index (χ1n) is 6.00. The van der Waals surface area contributed by atoms with E-state index in [1.165, 1.54) is 0 Å². The number of carbonyl (C=O) groups excluding carboxylic acids is 1. The van der Waals surface area contributed by atoms with E-state index in [0.29, 0.717) is 18.8 Å². The molecule has 1 fully saturated rings. The fourth-order valence-electron chi connectivity index (χ4n) is 1.93. The third-order valence-electron chi connectivity index (χ3n) is 3.09. The van der Waals surface area contributed by atoms with E-state index in [1.807, 2.05) is 24.6 Å². The van der Waals surface area contributed by atoms with Gasteiger partial charge in [-0.1, -0.05) is 0 Å². The van der Waals surface area contributed by atoms with Crippen LogP contribution in [0.3, 0.4) is 0 Å². The van der Waals surface area contributed by atoms with Gasteiger partial charge in [-0.25, -0.2) is 0 Å². The Morgan fingerprint density at radius 3 is 2.83 bits per heavy atom. The minimum Gasteiger partial charge on any atom is -0.385 e. The molecule has 0 saturated carbocycles. The predicted octanol–water partition coefficient (Wildman–Crippen LogP) is 0.896. The van der Waals surface area contributed by atoms with Gasteiger partial charge in [0.25, 0.3) is 5.91 Å². The lowest BCUT2D eigenvalue weighted by atomic mass is 9.97. The maximum absolute atomic E-state index is 12.1. The number of hydrogen-bond donors (Lipinski definition) is 3. The number of nitrogens with zero attached hydrogens (tertiary/aromatic N) is 1. The Morgan fingerprint density at radius 2 is 2.33 bits per heavy atom. The first kappa shape index (κ1) is 13.6. The highest BCUT2D eigenvalue weighted by Gasteiger charge is 2.34. The summed E-state index contributed by atoms with van der Waals surface area (Å²) >= 11 is 3.37. The van der Waals surface area contributed by atoms with Crippen molar-refractivity contribution in [2.75, 3.05) is 19.6 Å². The monoisotopic (exact) mass is 315 g/mol. The first-order valence-corrected chi connectivity index (χ1v) is 6.79. The van der Waals surface area contributed by atoms with Gasteiger partial charge < -0.3 is 20.3 Å². The van der Waals surface area contributed by atoms with Crippen LogP contribution in [0.1, 0.15) is 30.4 Å². The molecule has 2 heterocycles. The molecule has 5 nitrogen and oxygen atoms in total. The molecule has 6 heteroatoms. The van der Waals surface area contributed by atoms with Gasteiger partial charge in [0.05, 0.1) is 0 Å². The second-order valence-electron chi connectivity index (χ2n) is 5.06. The average molecular weight is 316 g/mol. The molecule has 0 spiro atoms. The van der Waals surface area contributed by atoms with Crippen molar-refractivity contribution >= 4 is 21.8 Å². The molecule has 0 aromatic carbocycles. The van der Waals surface area contributed by atoms with Crippen molar-refractivity contribution in [2.24, 2.45) is 0 Å². The molecule has 1 aromatic rings. The summed E-state index contributed by atoms with van der Waals surface area (Å²) in [6.45, 7) is 5.38. The van der Waals surface area contributed by atoms with Gasteiger partial charge in [0.1, 0.15) is 11.3 Å². The van der Waals surface area contributed by atoms with Crippen LogP contribution in [0.2, 0.25) is 0 Å². The molecule has 0 unspecified atom stereocenters. The van der Waals surface area contributed by atoms with Gasteiger partial charge in [-0.05, 0) is 35.8 Å². The molecule has 3 N–H and O–H groups in total. The lowest BCUT2D eigenvalue weighted by Crippen LogP contribution is -2.64. The number of aromatic nitrogens is 1. The lowest BCUT2D eigenvalue weighted by molar-refractivity contribution is -0.00767. The second-order valence-corrected chi connectivity index (χ2v) is 5.97. The van der Waals surface area contributed by atoms with E-state index in [0.717, 1.165) is 4.47 Å². The van der Waals surface area contributed by atoms with Crippen LogP contribution in [0.4, 0.5) is 0 Å². The Morgan fingerprint density at radius 1 is 1.67 bits per heavy atom. The summed E-state index contributed by atoms with van der Waals surface area (Å²) in [5, 5.41) is 15.7. The fraction of sp³-hybridized carbons (Fsp3) is 0.583. The highest BCUT2D eigenvalue weighted by atomic mass is 79.9. The van der Waals surface area contributed by atoms with Gasteiger partial charge in [-0.15, -0.1) is 0 Å². The van der Waals surface area contributed by atoms with Crippen LogP contribution < -0.4 is 10.6 Å². The first-order chi connectivity index (χ1) is 8.41. The zero-order valence-corrected chi connectivity index (χ0v) is 12.1. The van der Waals surface area contributed by atoms with Gasteiger partial charge in [0.15, 0.2) is 0 Å². The minimum absolute atomic E-state index is 0.158. The number of aliphatic hydroxyl groups is 1. The van der Waals surface area contributed by atoms with Gasteiger partial charge in [0, 0.05) is 36.3 Å². The number of halogens is 1. The van der Waals surface area contributed by atoms with Crippen LogP contribution in [0, 0.1) is 0 Å². The van der Waals surface area contributed by atoms with Crippen molar-refractivity contribution in [2.45, 2.75) is 25.5 Å². The van der Waals surface area contributed by atoms with Crippen molar-refractivity contribution in [1.29, 1.82) is 0 Å². The Balaban J connectivity index is 2.04. The lowest BCUT2D eigenvalue weighted by Gasteiger charge is -2.37. The van der Waals surface area contributed by atoms with Gasteiger partial charge in [0.2, 0.25) is 0 Å². The Hall–Kier alpha value is -0.850. The highest BCUT2D eigenvalue weighted by Crippen LogP contribution is 2.19. The number of amides is 1. The van der Waals surface area contributed by atoms with Gasteiger partial charge in [-0.3, -0.25) is 4.79 Å². The van der Waals surface area contributed by atoms with Gasteiger partial charge in [-0.2, -0.15) is 0 Å². The SMILES string of the molecule is CC(C)n1cc(Br)cc1C(=O)NCC1(O)CNC1. The quantitative estimate of drug-likeness (QED) is 0.773. The van der Waals surface area contributed by atoms with E-state index in [1.54, 1.807) is 6.07 Å². The highest BCUT2D eigenvalue weighted by molar-refractivity contribution is 9.10. The molecule has 2 rings (SSSR count). The zero-order chi connectivity index (χ0) is 13.3. The predicted molar refractivity (Wildman–Crippen MR) is 72.7 cm³/mol. The molecule has 1 aliphatic rings. The molecule has 1 aromatic heterocycles. The van der Waals surface area contributed by atoms with E-state index >= 15 is 0 Å². The van der Waals surface area contributed by atoms with Crippen LogP contribution in [0.15, 0.2) is 16.7 Å². The second kappa shape index (κ2) is 5.03. The van der Waals surface area contributed by atoms with E-state index in [4.69, 9.17) is 0 Å². The minimum atomic E-state index is -0.790. The fourth-order valence-corrected chi connectivity index (χ4v) is 2.37. The van der Waals surface area contributed by atoms with Crippen molar-refractivity contribution < 1.29 is 9.90 Å². The van der Waals surface area contributed by atoms with Crippen molar-refractivity contribution in [3.05, 3.63) is 22.4 Å². The van der Waals surface area contributed by atoms with Crippen molar-refractivity contribution in [3.63, 3.8) is 0 Å². The third kappa shape index (κ3) is 2.76. The molecule has 0 bridgehead atoms. The summed E-state index contributed by atoms with van der Waals surface area (Å²) in [7, 11) is 0. The van der Waals surface area contributed by atoms with Crippen LogP contribution in [0.5, 0.6) is 0 Å². The topological polar surface area (TPSA) is 66.3 Å². The summed E-state index contributed by atoms with van der Waals surface area (Å²) in [5.41, 5.74) is -0.185. The number of nitrogens with one attached hydrogen (secondary N) is 2. The van der Waals surface area contributed by atoms with Crippen molar-refractivity contribution in [1.82, 2.24) is 15.2 Å². The number of β-amino-alcohol motifs (C(OH)–C–C–N with tert-alkyl or cyclic N) is 1. The zero-order valence-electron chi connectivity index (χ0n) is 10.5. The standard InChI is InChI=1S/C12H18BrN3O2/c1-8(2)16-4-9(13)3-10(16)11(17)15-7-12(18)5-14-6-12/h3-4,8,14,18H,5-7H2,1-2H3,(H,15,17). The molecule has 1 saturated heterocycles. The van der Waals surface area contributed by atoms with Crippen LogP contribution in [0.25, 0.3) is 0 Å². The normalized spacial score (nSPS) is 17.6. The van der Waals surface area contributed by atoms with Gasteiger partial charge >= 0.3 is 0 Å². The Labute approximate surface area is 115 Å². The summed E-state index contributed by atoms with van der Waals surface area (Å²) in [6.07, 6.45) is 1.89. The Bertz CT molecular complexity index is 452. The van der Waals surface area contributed by atoms with Crippen LogP contribution in [-0.4, -0.2) is 40.8 Å². The maximum atomic E-state index is 12.1. The molecular formula is C12H18BrN3O2. The number of hydrogen-bond acceptors (Lipinski definition) is 3. The Kier molecular flexibility index (Phi) is 3.79. The summed E-state index contributed by atoms with van der Waals surface area (Å²) in [6, 6.07) is 2.00. The van der Waals surface area contributed by atoms with E-state index < -0.39 is 5.60 Å². The van der Waals surface area contributed by atoms with Crippen LogP contribution in [-0.2, 0) is 0 Å². The number of carbonyl (C=O) groups is 1. The van der Waals surface area contributed by atoms with E-state index in [-0.39, 0.29) is 18.5 Å². The summed E-state index contributed by atoms with van der Waals surface area (Å²) < 4.78 is 2.79. The molecule has 0 radical (unpaired) electrons. The smallest absolute Gasteiger partial charge is 0.268 e. The third-order valence-corrected chi connectivity index (χ3v) is 3.52. The van der Waals surface area contributed by atoms with E-state index in [9.17, 15) is 9.90 Å². The van der Waals surface area contributed by atoms with Crippen molar-refractivity contribution in [3.8, 4) is 0 Å². The molecule has 0 atom stereocenters. The molecule has 100 valence electrons. The molecule has 0 aliphatic carbocycles. The number of rotatable bonds is 4. The largest absolute Gasteiger partial charge is 0.385 e. The molecule has 1 amide bonds. The summed E-state index contributed by atoms with van der Waals surface area (Å²) in [5.74, 6) is -0.158. The van der Waals surface area contributed by atoms with E-state index in [2.05, 4.69) is 26.6 Å². The maximum Gasteiger partial charge on any atom is 0.268 e. The van der Waals surface area contributed by atoms with Crippen LogP contribution >= 0.6 is 15.9 Å².